The molecule has 0 aromatic heterocycles. The van der Waals surface area contributed by atoms with Crippen LogP contribution >= 0.6 is 23.2 Å². The van der Waals surface area contributed by atoms with E-state index in [9.17, 15) is 42.3 Å². The number of phenolic OH excluding ortho intramolecular Hbond substituents is 1. The minimum atomic E-state index is -2.82. The zero-order valence-electron chi connectivity index (χ0n) is 24.2. The van der Waals surface area contributed by atoms with Gasteiger partial charge < -0.3 is 9.84 Å². The predicted octanol–water partition coefficient (Wildman–Crippen LogP) is 5.57. The number of rotatable bonds is 2. The van der Waals surface area contributed by atoms with Gasteiger partial charge in [0, 0.05) is 11.5 Å². The summed E-state index contributed by atoms with van der Waals surface area (Å²) in [5.41, 5.74) is -1.91. The number of benzene rings is 3. The molecule has 7 rings (SSSR count). The molecule has 3 aromatic carbocycles. The van der Waals surface area contributed by atoms with E-state index >= 15 is 8.78 Å². The Morgan fingerprint density at radius 3 is 2.15 bits per heavy atom. The SMILES string of the molecule is COC(=O)N1C(=O)C2CC=C3C(CC4(Cl)C(=O)N(c5c(F)c(F)c(F)c(F)c5F)C(=O)C4(Cl)C3c3c(O)ccc4ccccc34)C2C1=O. The number of fused-ring (bicyclic) bond motifs is 5. The first-order chi connectivity index (χ1) is 22.6. The molecule has 3 fully saturated rings. The van der Waals surface area contributed by atoms with Gasteiger partial charge in [-0.3, -0.25) is 19.2 Å². The number of phenols is 1. The highest BCUT2D eigenvalue weighted by Gasteiger charge is 2.77. The zero-order chi connectivity index (χ0) is 34.8. The summed E-state index contributed by atoms with van der Waals surface area (Å²) in [5, 5.41) is 12.1. The van der Waals surface area contributed by atoms with E-state index in [0.29, 0.717) is 10.3 Å². The van der Waals surface area contributed by atoms with Crippen molar-refractivity contribution in [2.45, 2.75) is 28.5 Å². The molecule has 5 amide bonds. The van der Waals surface area contributed by atoms with Crippen molar-refractivity contribution in [3.05, 3.63) is 82.7 Å². The highest BCUT2D eigenvalue weighted by atomic mass is 35.5. The minimum Gasteiger partial charge on any atom is -0.508 e. The summed E-state index contributed by atoms with van der Waals surface area (Å²) in [7, 11) is 0.945. The van der Waals surface area contributed by atoms with E-state index in [-0.39, 0.29) is 27.8 Å². The molecule has 2 saturated heterocycles. The second-order valence-corrected chi connectivity index (χ2v) is 13.1. The predicted molar refractivity (Wildman–Crippen MR) is 156 cm³/mol. The summed E-state index contributed by atoms with van der Waals surface area (Å²) in [6.45, 7) is 0. The van der Waals surface area contributed by atoms with Crippen molar-refractivity contribution < 1.29 is 55.8 Å². The normalized spacial score (nSPS) is 29.6. The van der Waals surface area contributed by atoms with Gasteiger partial charge in [-0.1, -0.05) is 42.0 Å². The Labute approximate surface area is 276 Å². The number of anilines is 1. The molecule has 9 nitrogen and oxygen atoms in total. The van der Waals surface area contributed by atoms with Crippen LogP contribution < -0.4 is 4.90 Å². The standard InChI is InChI=1S/C32H19Cl2F5N2O7/c1-48-30(47)41-26(43)14-8-7-13-15(17(14)27(41)44)10-31(33)28(45)40(25-23(38)21(36)20(35)22(37)24(25)39)29(46)32(31,34)19(13)18-12-5-3-2-4-11(12)6-9-16(18)42/h2-7,9,14-15,17,19,42H,8,10H2,1H3. The van der Waals surface area contributed by atoms with E-state index in [1.165, 1.54) is 24.3 Å². The largest absolute Gasteiger partial charge is 0.508 e. The van der Waals surface area contributed by atoms with E-state index < -0.39 is 110 Å². The Morgan fingerprint density at radius 2 is 1.50 bits per heavy atom. The highest BCUT2D eigenvalue weighted by Crippen LogP contribution is 2.67. The van der Waals surface area contributed by atoms with Gasteiger partial charge in [0.15, 0.2) is 33.0 Å². The molecule has 6 atom stereocenters. The van der Waals surface area contributed by atoms with Crippen molar-refractivity contribution in [2.75, 3.05) is 12.0 Å². The number of hydrogen-bond donors (Lipinski definition) is 1. The van der Waals surface area contributed by atoms with Gasteiger partial charge in [-0.2, -0.15) is 4.90 Å². The number of aromatic hydroxyl groups is 1. The summed E-state index contributed by atoms with van der Waals surface area (Å²) in [6.07, 6.45) is -0.792. The fraction of sp³-hybridized carbons (Fsp3) is 0.281. The zero-order valence-corrected chi connectivity index (χ0v) is 25.7. The van der Waals surface area contributed by atoms with E-state index in [0.717, 1.165) is 7.11 Å². The maximum atomic E-state index is 15.2. The summed E-state index contributed by atoms with van der Waals surface area (Å²) >= 11 is 14.2. The lowest BCUT2D eigenvalue weighted by atomic mass is 9.56. The van der Waals surface area contributed by atoms with E-state index in [1.54, 1.807) is 18.2 Å². The van der Waals surface area contributed by atoms with Gasteiger partial charge in [0.25, 0.3) is 11.8 Å². The van der Waals surface area contributed by atoms with Crippen LogP contribution in [0.15, 0.2) is 48.0 Å². The third-order valence-electron chi connectivity index (χ3n) is 9.81. The average molecular weight is 709 g/mol. The third kappa shape index (κ3) is 3.75. The third-order valence-corrected chi connectivity index (χ3v) is 11.2. The number of methoxy groups -OCH3 is 1. The van der Waals surface area contributed by atoms with Crippen LogP contribution in [0.4, 0.5) is 32.4 Å². The van der Waals surface area contributed by atoms with Gasteiger partial charge in [0.1, 0.15) is 11.4 Å². The van der Waals surface area contributed by atoms with Crippen molar-refractivity contribution >= 4 is 69.4 Å². The average Bonchev–Trinajstić information content (AvgIpc) is 3.41. The smallest absolute Gasteiger partial charge is 0.423 e. The van der Waals surface area contributed by atoms with Gasteiger partial charge in [-0.05, 0) is 35.6 Å². The molecule has 1 N–H and O–H groups in total. The number of hydrogen-bond acceptors (Lipinski definition) is 7. The van der Waals surface area contributed by atoms with Crippen LogP contribution in [0.25, 0.3) is 10.8 Å². The molecule has 248 valence electrons. The first-order valence-electron chi connectivity index (χ1n) is 14.3. The Morgan fingerprint density at radius 1 is 0.875 bits per heavy atom. The van der Waals surface area contributed by atoms with Crippen LogP contribution in [-0.2, 0) is 23.9 Å². The van der Waals surface area contributed by atoms with Crippen molar-refractivity contribution in [1.82, 2.24) is 4.90 Å². The first-order valence-corrected chi connectivity index (χ1v) is 15.0. The molecular formula is C32H19Cl2F5N2O7. The molecule has 6 unspecified atom stereocenters. The van der Waals surface area contributed by atoms with Crippen LogP contribution in [0, 0.1) is 46.8 Å². The molecular weight excluding hydrogens is 690 g/mol. The lowest BCUT2D eigenvalue weighted by Crippen LogP contribution is -2.60. The number of imide groups is 4. The second kappa shape index (κ2) is 10.5. The van der Waals surface area contributed by atoms with Crippen LogP contribution in [-0.4, -0.2) is 56.6 Å². The van der Waals surface area contributed by atoms with Crippen LogP contribution in [0.5, 0.6) is 5.75 Å². The van der Waals surface area contributed by atoms with Gasteiger partial charge in [-0.15, -0.1) is 23.2 Å². The quantitative estimate of drug-likeness (QED) is 0.0923. The molecule has 0 bridgehead atoms. The fourth-order valence-corrected chi connectivity index (χ4v) is 8.66. The Bertz CT molecular complexity index is 2070. The molecule has 0 spiro atoms. The summed E-state index contributed by atoms with van der Waals surface area (Å²) in [5.74, 6) is -23.8. The van der Waals surface area contributed by atoms with Crippen LogP contribution in [0.2, 0.25) is 0 Å². The number of nitrogens with zero attached hydrogens (tertiary/aromatic N) is 2. The minimum absolute atomic E-state index is 0.107. The van der Waals surface area contributed by atoms with Crippen molar-refractivity contribution in [3.63, 3.8) is 0 Å². The maximum absolute atomic E-state index is 15.2. The summed E-state index contributed by atoms with van der Waals surface area (Å²) in [6, 6.07) is 9.15. The van der Waals surface area contributed by atoms with E-state index in [1.807, 2.05) is 0 Å². The molecule has 16 heteroatoms. The number of amides is 5. The van der Waals surface area contributed by atoms with Crippen molar-refractivity contribution in [2.24, 2.45) is 17.8 Å². The van der Waals surface area contributed by atoms with Gasteiger partial charge >= 0.3 is 6.09 Å². The fourth-order valence-electron chi connectivity index (χ4n) is 7.74. The Hall–Kier alpha value is -4.56. The lowest BCUT2D eigenvalue weighted by Gasteiger charge is -2.51. The number of allylic oxidation sites excluding steroid dienone is 2. The summed E-state index contributed by atoms with van der Waals surface area (Å²) < 4.78 is 77.8. The van der Waals surface area contributed by atoms with E-state index in [2.05, 4.69) is 4.74 Å². The topological polar surface area (TPSA) is 121 Å². The molecule has 2 aliphatic carbocycles. The van der Waals surface area contributed by atoms with Crippen molar-refractivity contribution in [3.8, 4) is 5.75 Å². The highest BCUT2D eigenvalue weighted by molar-refractivity contribution is 6.58. The first kappa shape index (κ1) is 32.0. The Balaban J connectivity index is 1.52. The molecule has 4 aliphatic rings. The van der Waals surface area contributed by atoms with Gasteiger partial charge in [-0.25, -0.2) is 31.6 Å². The van der Waals surface area contributed by atoms with Crippen LogP contribution in [0.3, 0.4) is 0 Å². The van der Waals surface area contributed by atoms with Gasteiger partial charge in [0.2, 0.25) is 17.6 Å². The Kier molecular flexibility index (Phi) is 6.98. The number of ether oxygens (including phenoxy) is 1. The monoisotopic (exact) mass is 708 g/mol. The summed E-state index contributed by atoms with van der Waals surface area (Å²) in [4.78, 5) is 62.5. The number of carbonyl (C=O) groups excluding carboxylic acids is 5. The van der Waals surface area contributed by atoms with Crippen LogP contribution in [0.1, 0.15) is 24.3 Å². The number of alkyl halides is 2. The second-order valence-electron chi connectivity index (χ2n) is 11.9. The van der Waals surface area contributed by atoms with Gasteiger partial charge in [0.05, 0.1) is 18.9 Å². The number of halogens is 7. The van der Waals surface area contributed by atoms with E-state index in [4.69, 9.17) is 23.2 Å². The molecule has 48 heavy (non-hydrogen) atoms. The van der Waals surface area contributed by atoms with Crippen molar-refractivity contribution in [1.29, 1.82) is 0 Å². The molecule has 3 aromatic rings. The molecule has 2 heterocycles. The molecule has 0 radical (unpaired) electrons. The number of likely N-dealkylation sites (tertiary alicyclic amines) is 1. The maximum Gasteiger partial charge on any atom is 0.423 e. The molecule has 1 saturated carbocycles. The lowest BCUT2D eigenvalue weighted by molar-refractivity contribution is -0.138. The molecule has 2 aliphatic heterocycles. The number of carbonyl (C=O) groups is 5.